The largest absolute Gasteiger partial charge is 0.355 e. The fraction of sp³-hybridized carbons (Fsp3) is 0.438. The van der Waals surface area contributed by atoms with E-state index in [2.05, 4.69) is 41.0 Å². The number of aryl methyl sites for hydroxylation is 1. The van der Waals surface area contributed by atoms with Crippen molar-refractivity contribution in [3.05, 3.63) is 24.3 Å². The number of aromatic nitrogens is 4. The van der Waals surface area contributed by atoms with Gasteiger partial charge in [-0.15, -0.1) is 0 Å². The summed E-state index contributed by atoms with van der Waals surface area (Å²) in [4.78, 5) is 24.1. The first kappa shape index (κ1) is 14.6. The molecule has 116 valence electrons. The number of hydrogen-bond acceptors (Lipinski definition) is 3. The molecule has 0 radical (unpaired) electrons. The van der Waals surface area contributed by atoms with E-state index in [9.17, 15) is 4.79 Å². The Balaban J connectivity index is 1.88. The van der Waals surface area contributed by atoms with Crippen LogP contribution in [0.15, 0.2) is 18.5 Å². The molecule has 0 aliphatic rings. The summed E-state index contributed by atoms with van der Waals surface area (Å²) in [7, 11) is 1.94. The van der Waals surface area contributed by atoms with Crippen molar-refractivity contribution in [3.8, 4) is 0 Å². The maximum Gasteiger partial charge on any atom is 0.227 e. The van der Waals surface area contributed by atoms with Gasteiger partial charge in [0.1, 0.15) is 17.0 Å². The van der Waals surface area contributed by atoms with Crippen LogP contribution < -0.4 is 5.32 Å². The Morgan fingerprint density at radius 2 is 2.18 bits per heavy atom. The zero-order valence-corrected chi connectivity index (χ0v) is 13.4. The van der Waals surface area contributed by atoms with Crippen molar-refractivity contribution in [3.63, 3.8) is 0 Å². The molecule has 3 aromatic rings. The molecule has 0 aromatic carbocycles. The van der Waals surface area contributed by atoms with E-state index in [1.165, 1.54) is 0 Å². The van der Waals surface area contributed by atoms with Gasteiger partial charge < -0.3 is 14.9 Å². The average Bonchev–Trinajstić information content (AvgIpc) is 3.01. The molecule has 2 N–H and O–H groups in total. The van der Waals surface area contributed by atoms with Crippen LogP contribution in [-0.2, 0) is 18.3 Å². The second kappa shape index (κ2) is 5.12. The summed E-state index contributed by atoms with van der Waals surface area (Å²) in [5.41, 5.74) is 2.72. The number of pyridine rings is 1. The maximum atomic E-state index is 12.1. The lowest BCUT2D eigenvalue weighted by Crippen LogP contribution is -2.33. The zero-order chi connectivity index (χ0) is 15.9. The SMILES string of the molecule is Cn1c(CC(=O)NCC(C)(C)C)nc2cnc3[nH]ccc3c21. The van der Waals surface area contributed by atoms with Crippen LogP contribution >= 0.6 is 0 Å². The van der Waals surface area contributed by atoms with Crippen molar-refractivity contribution < 1.29 is 4.79 Å². The Labute approximate surface area is 128 Å². The van der Waals surface area contributed by atoms with Crippen molar-refractivity contribution in [2.24, 2.45) is 12.5 Å². The number of carbonyl (C=O) groups is 1. The molecular formula is C16H21N5O. The van der Waals surface area contributed by atoms with Crippen LogP contribution in [0.2, 0.25) is 0 Å². The van der Waals surface area contributed by atoms with E-state index in [4.69, 9.17) is 0 Å². The summed E-state index contributed by atoms with van der Waals surface area (Å²) in [5.74, 6) is 0.739. The van der Waals surface area contributed by atoms with Gasteiger partial charge in [-0.1, -0.05) is 20.8 Å². The molecule has 0 saturated carbocycles. The van der Waals surface area contributed by atoms with Gasteiger partial charge in [-0.3, -0.25) is 4.79 Å². The van der Waals surface area contributed by atoms with E-state index in [0.717, 1.165) is 27.9 Å². The van der Waals surface area contributed by atoms with E-state index < -0.39 is 0 Å². The van der Waals surface area contributed by atoms with Gasteiger partial charge in [0.05, 0.1) is 18.1 Å². The maximum absolute atomic E-state index is 12.1. The highest BCUT2D eigenvalue weighted by molar-refractivity contribution is 6.01. The highest BCUT2D eigenvalue weighted by Crippen LogP contribution is 2.23. The normalized spacial score (nSPS) is 12.2. The summed E-state index contributed by atoms with van der Waals surface area (Å²) < 4.78 is 1.98. The third kappa shape index (κ3) is 2.68. The Morgan fingerprint density at radius 3 is 2.91 bits per heavy atom. The highest BCUT2D eigenvalue weighted by atomic mass is 16.1. The zero-order valence-electron chi connectivity index (χ0n) is 13.4. The van der Waals surface area contributed by atoms with Gasteiger partial charge in [0.2, 0.25) is 5.91 Å². The van der Waals surface area contributed by atoms with Crippen LogP contribution in [0.4, 0.5) is 0 Å². The summed E-state index contributed by atoms with van der Waals surface area (Å²) in [6, 6.07) is 1.98. The monoisotopic (exact) mass is 299 g/mol. The summed E-state index contributed by atoms with van der Waals surface area (Å²) in [6.07, 6.45) is 3.87. The number of rotatable bonds is 3. The smallest absolute Gasteiger partial charge is 0.227 e. The minimum absolute atomic E-state index is 0.00778. The topological polar surface area (TPSA) is 75.6 Å². The Kier molecular flexibility index (Phi) is 3.39. The number of aromatic amines is 1. The fourth-order valence-corrected chi connectivity index (χ4v) is 2.49. The lowest BCUT2D eigenvalue weighted by molar-refractivity contribution is -0.120. The van der Waals surface area contributed by atoms with Gasteiger partial charge in [-0.2, -0.15) is 0 Å². The van der Waals surface area contributed by atoms with Crippen LogP contribution in [0.25, 0.3) is 22.1 Å². The standard InChI is InChI=1S/C16H21N5O/c1-16(2,3)9-19-13(22)7-12-20-11-8-18-15-10(5-6-17-15)14(11)21(12)4/h5-6,8H,7,9H2,1-4H3,(H,17,18)(H,19,22). The molecule has 0 aliphatic carbocycles. The molecule has 6 heteroatoms. The molecule has 0 fully saturated rings. The van der Waals surface area contributed by atoms with Crippen molar-refractivity contribution in [1.29, 1.82) is 0 Å². The van der Waals surface area contributed by atoms with E-state index in [-0.39, 0.29) is 17.7 Å². The van der Waals surface area contributed by atoms with Gasteiger partial charge in [0.15, 0.2) is 0 Å². The number of nitrogens with one attached hydrogen (secondary N) is 2. The molecule has 3 aromatic heterocycles. The van der Waals surface area contributed by atoms with Gasteiger partial charge >= 0.3 is 0 Å². The molecule has 0 atom stereocenters. The van der Waals surface area contributed by atoms with E-state index in [1.54, 1.807) is 6.20 Å². The first-order chi connectivity index (χ1) is 10.3. The molecule has 0 bridgehead atoms. The lowest BCUT2D eigenvalue weighted by Gasteiger charge is -2.18. The van der Waals surface area contributed by atoms with Crippen molar-refractivity contribution in [2.45, 2.75) is 27.2 Å². The summed E-state index contributed by atoms with van der Waals surface area (Å²) >= 11 is 0. The molecule has 6 nitrogen and oxygen atoms in total. The number of imidazole rings is 1. The number of amides is 1. The molecule has 3 rings (SSSR count). The van der Waals surface area contributed by atoms with Crippen LogP contribution in [0.1, 0.15) is 26.6 Å². The highest BCUT2D eigenvalue weighted by Gasteiger charge is 2.16. The minimum Gasteiger partial charge on any atom is -0.355 e. The van der Waals surface area contributed by atoms with Crippen molar-refractivity contribution >= 4 is 28.0 Å². The van der Waals surface area contributed by atoms with Crippen LogP contribution in [-0.4, -0.2) is 32.0 Å². The first-order valence-electron chi connectivity index (χ1n) is 7.39. The summed E-state index contributed by atoms with van der Waals surface area (Å²) in [5, 5.41) is 3.98. The lowest BCUT2D eigenvalue weighted by atomic mass is 9.97. The summed E-state index contributed by atoms with van der Waals surface area (Å²) in [6.45, 7) is 6.93. The quantitative estimate of drug-likeness (QED) is 0.778. The molecular weight excluding hydrogens is 278 g/mol. The number of nitrogens with zero attached hydrogens (tertiary/aromatic N) is 3. The van der Waals surface area contributed by atoms with Crippen molar-refractivity contribution in [1.82, 2.24) is 24.8 Å². The molecule has 1 amide bonds. The van der Waals surface area contributed by atoms with Crippen LogP contribution in [0, 0.1) is 5.41 Å². The predicted molar refractivity (Wildman–Crippen MR) is 86.5 cm³/mol. The van der Waals surface area contributed by atoms with Crippen LogP contribution in [0.3, 0.4) is 0 Å². The Bertz CT molecular complexity index is 837. The second-order valence-electron chi connectivity index (χ2n) is 6.83. The van der Waals surface area contributed by atoms with Gasteiger partial charge in [0, 0.05) is 25.2 Å². The van der Waals surface area contributed by atoms with E-state index in [0.29, 0.717) is 6.54 Å². The third-order valence-corrected chi connectivity index (χ3v) is 3.65. The number of H-pyrrole nitrogens is 1. The molecule has 0 aliphatic heterocycles. The second-order valence-corrected chi connectivity index (χ2v) is 6.83. The van der Waals surface area contributed by atoms with Gasteiger partial charge in [-0.05, 0) is 11.5 Å². The molecule has 0 saturated heterocycles. The van der Waals surface area contributed by atoms with Crippen LogP contribution in [0.5, 0.6) is 0 Å². The fourth-order valence-electron chi connectivity index (χ4n) is 2.49. The molecule has 0 unspecified atom stereocenters. The Morgan fingerprint density at radius 1 is 1.41 bits per heavy atom. The third-order valence-electron chi connectivity index (χ3n) is 3.65. The van der Waals surface area contributed by atoms with E-state index >= 15 is 0 Å². The average molecular weight is 299 g/mol. The number of fused-ring (bicyclic) bond motifs is 3. The predicted octanol–water partition coefficient (Wildman–Crippen LogP) is 2.15. The molecule has 0 spiro atoms. The molecule has 22 heavy (non-hydrogen) atoms. The molecule has 3 heterocycles. The number of hydrogen-bond donors (Lipinski definition) is 2. The van der Waals surface area contributed by atoms with E-state index in [1.807, 2.05) is 23.9 Å². The first-order valence-corrected chi connectivity index (χ1v) is 7.39. The number of carbonyl (C=O) groups excluding carboxylic acids is 1. The minimum atomic E-state index is -0.00778. The van der Waals surface area contributed by atoms with Crippen molar-refractivity contribution in [2.75, 3.05) is 6.54 Å². The Hall–Kier alpha value is -2.37. The van der Waals surface area contributed by atoms with Gasteiger partial charge in [-0.25, -0.2) is 9.97 Å². The van der Waals surface area contributed by atoms with Gasteiger partial charge in [0.25, 0.3) is 0 Å².